The number of carbonyl (C=O) groups is 1. The number of hydrogen-bond acceptors (Lipinski definition) is 4. The second-order valence-corrected chi connectivity index (χ2v) is 3.90. The van der Waals surface area contributed by atoms with Gasteiger partial charge >= 0.3 is 5.97 Å². The van der Waals surface area contributed by atoms with E-state index < -0.39 is 5.97 Å². The maximum absolute atomic E-state index is 10.9. The Bertz CT molecular complexity index is 393. The zero-order valence-corrected chi connectivity index (χ0v) is 10.2. The van der Waals surface area contributed by atoms with Crippen molar-refractivity contribution in [2.75, 3.05) is 26.1 Å². The minimum absolute atomic E-state index is 0.0370. The Morgan fingerprint density at radius 2 is 2.20 bits per heavy atom. The van der Waals surface area contributed by atoms with Crippen LogP contribution in [0.2, 0.25) is 0 Å². The van der Waals surface area contributed by atoms with Crippen molar-refractivity contribution in [2.45, 2.75) is 0 Å². The van der Waals surface area contributed by atoms with Crippen LogP contribution in [0.15, 0.2) is 10.5 Å². The Labute approximate surface area is 95.8 Å². The van der Waals surface area contributed by atoms with E-state index in [2.05, 4.69) is 20.9 Å². The molecule has 15 heavy (non-hydrogen) atoms. The van der Waals surface area contributed by atoms with Crippen molar-refractivity contribution in [1.29, 1.82) is 0 Å². The van der Waals surface area contributed by atoms with Crippen molar-refractivity contribution in [3.63, 3.8) is 0 Å². The first-order valence-corrected chi connectivity index (χ1v) is 4.91. The van der Waals surface area contributed by atoms with Crippen LogP contribution < -0.4 is 9.64 Å². The first-order valence-electron chi connectivity index (χ1n) is 4.12. The molecule has 0 aliphatic rings. The van der Waals surface area contributed by atoms with Crippen molar-refractivity contribution in [1.82, 2.24) is 4.98 Å². The van der Waals surface area contributed by atoms with Crippen LogP contribution in [0.1, 0.15) is 10.4 Å². The molecule has 0 spiro atoms. The van der Waals surface area contributed by atoms with E-state index in [0.717, 1.165) is 0 Å². The lowest BCUT2D eigenvalue weighted by Crippen LogP contribution is -2.13. The van der Waals surface area contributed by atoms with E-state index in [4.69, 9.17) is 9.84 Å². The topological polar surface area (TPSA) is 62.7 Å². The quantitative estimate of drug-likeness (QED) is 0.908. The van der Waals surface area contributed by atoms with Crippen LogP contribution in [0.25, 0.3) is 0 Å². The molecule has 6 heteroatoms. The second-order valence-electron chi connectivity index (χ2n) is 3.05. The zero-order valence-electron chi connectivity index (χ0n) is 8.61. The molecule has 0 saturated carbocycles. The van der Waals surface area contributed by atoms with Gasteiger partial charge < -0.3 is 14.7 Å². The standard InChI is InChI=1S/C9H11BrN2O3/c1-12(2)7-6(10)4-5(9(13)14)8(11-7)15-3/h4H,1-3H3,(H,13,14). The highest BCUT2D eigenvalue weighted by molar-refractivity contribution is 9.10. The molecule has 1 aromatic rings. The van der Waals surface area contributed by atoms with Gasteiger partial charge in [-0.05, 0) is 22.0 Å². The minimum atomic E-state index is -1.06. The van der Waals surface area contributed by atoms with Crippen LogP contribution in [0.5, 0.6) is 5.88 Å². The lowest BCUT2D eigenvalue weighted by molar-refractivity contribution is 0.0692. The van der Waals surface area contributed by atoms with Gasteiger partial charge in [0.1, 0.15) is 11.4 Å². The van der Waals surface area contributed by atoms with Crippen LogP contribution >= 0.6 is 15.9 Å². The minimum Gasteiger partial charge on any atom is -0.480 e. The molecule has 0 unspecified atom stereocenters. The summed E-state index contributed by atoms with van der Waals surface area (Å²) < 4.78 is 5.53. The van der Waals surface area contributed by atoms with Gasteiger partial charge in [0.05, 0.1) is 11.6 Å². The molecule has 0 radical (unpaired) electrons. The Morgan fingerprint density at radius 3 is 2.60 bits per heavy atom. The van der Waals surface area contributed by atoms with Crippen LogP contribution in [0.4, 0.5) is 5.82 Å². The van der Waals surface area contributed by atoms with E-state index >= 15 is 0 Å². The summed E-state index contributed by atoms with van der Waals surface area (Å²) in [6.45, 7) is 0. The molecule has 82 valence electrons. The van der Waals surface area contributed by atoms with Crippen LogP contribution in [-0.2, 0) is 0 Å². The number of pyridine rings is 1. The van der Waals surface area contributed by atoms with Gasteiger partial charge in [-0.25, -0.2) is 4.79 Å². The fourth-order valence-electron chi connectivity index (χ4n) is 1.09. The molecule has 1 heterocycles. The summed E-state index contributed by atoms with van der Waals surface area (Å²) in [6, 6.07) is 1.48. The van der Waals surface area contributed by atoms with Crippen molar-refractivity contribution < 1.29 is 14.6 Å². The van der Waals surface area contributed by atoms with Gasteiger partial charge in [0, 0.05) is 14.1 Å². The molecule has 5 nitrogen and oxygen atoms in total. The monoisotopic (exact) mass is 274 g/mol. The number of carboxylic acids is 1. The van der Waals surface area contributed by atoms with Crippen LogP contribution in [0.3, 0.4) is 0 Å². The van der Waals surface area contributed by atoms with Gasteiger partial charge in [-0.2, -0.15) is 4.98 Å². The third kappa shape index (κ3) is 2.38. The number of nitrogens with zero attached hydrogens (tertiary/aromatic N) is 2. The van der Waals surface area contributed by atoms with E-state index in [1.54, 1.807) is 4.90 Å². The molecule has 0 atom stereocenters. The van der Waals surface area contributed by atoms with Gasteiger partial charge in [0.2, 0.25) is 5.88 Å². The first kappa shape index (κ1) is 11.8. The fraction of sp³-hybridized carbons (Fsp3) is 0.333. The smallest absolute Gasteiger partial charge is 0.341 e. The molecular formula is C9H11BrN2O3. The lowest BCUT2D eigenvalue weighted by atomic mass is 10.2. The Kier molecular flexibility index (Phi) is 3.52. The molecule has 1 N–H and O–H groups in total. The number of hydrogen-bond donors (Lipinski definition) is 1. The van der Waals surface area contributed by atoms with Gasteiger partial charge in [0.15, 0.2) is 0 Å². The van der Waals surface area contributed by atoms with Crippen LogP contribution in [-0.4, -0.2) is 37.3 Å². The van der Waals surface area contributed by atoms with Crippen LogP contribution in [0, 0.1) is 0 Å². The van der Waals surface area contributed by atoms with E-state index in [9.17, 15) is 4.79 Å². The zero-order chi connectivity index (χ0) is 11.6. The molecule has 1 rings (SSSR count). The van der Waals surface area contributed by atoms with E-state index in [1.807, 2.05) is 14.1 Å². The van der Waals surface area contributed by atoms with Crippen molar-refractivity contribution >= 4 is 27.7 Å². The van der Waals surface area contributed by atoms with E-state index in [0.29, 0.717) is 10.3 Å². The summed E-state index contributed by atoms with van der Waals surface area (Å²) in [4.78, 5) is 16.7. The highest BCUT2D eigenvalue weighted by atomic mass is 79.9. The predicted octanol–water partition coefficient (Wildman–Crippen LogP) is 1.62. The van der Waals surface area contributed by atoms with Crippen molar-refractivity contribution in [2.24, 2.45) is 0 Å². The largest absolute Gasteiger partial charge is 0.480 e. The molecule has 0 aliphatic carbocycles. The molecular weight excluding hydrogens is 264 g/mol. The lowest BCUT2D eigenvalue weighted by Gasteiger charge is -2.15. The maximum atomic E-state index is 10.9. The second kappa shape index (κ2) is 4.48. The number of ether oxygens (including phenoxy) is 1. The van der Waals surface area contributed by atoms with E-state index in [1.165, 1.54) is 13.2 Å². The highest BCUT2D eigenvalue weighted by Gasteiger charge is 2.16. The Hall–Kier alpha value is -1.30. The normalized spacial score (nSPS) is 9.87. The number of aromatic nitrogens is 1. The third-order valence-corrected chi connectivity index (χ3v) is 2.35. The summed E-state index contributed by atoms with van der Waals surface area (Å²) in [6.07, 6.45) is 0. The summed E-state index contributed by atoms with van der Waals surface area (Å²) in [5.74, 6) is -0.336. The van der Waals surface area contributed by atoms with Gasteiger partial charge in [-0.3, -0.25) is 0 Å². The van der Waals surface area contributed by atoms with Gasteiger partial charge in [0.25, 0.3) is 0 Å². The summed E-state index contributed by atoms with van der Waals surface area (Å²) in [5, 5.41) is 8.90. The summed E-state index contributed by atoms with van der Waals surface area (Å²) >= 11 is 3.26. The third-order valence-electron chi connectivity index (χ3n) is 1.77. The number of carboxylic acid groups (broad SMARTS) is 1. The average Bonchev–Trinajstić information content (AvgIpc) is 2.16. The molecule has 0 aromatic carbocycles. The average molecular weight is 275 g/mol. The van der Waals surface area contributed by atoms with Crippen molar-refractivity contribution in [3.8, 4) is 5.88 Å². The van der Waals surface area contributed by atoms with Crippen molar-refractivity contribution in [3.05, 3.63) is 16.1 Å². The molecule has 1 aromatic heterocycles. The Morgan fingerprint density at radius 1 is 1.60 bits per heavy atom. The molecule has 0 fully saturated rings. The number of rotatable bonds is 3. The van der Waals surface area contributed by atoms with Gasteiger partial charge in [-0.1, -0.05) is 0 Å². The molecule has 0 bridgehead atoms. The number of aromatic carboxylic acids is 1. The highest BCUT2D eigenvalue weighted by Crippen LogP contribution is 2.28. The summed E-state index contributed by atoms with van der Waals surface area (Å²) in [5.41, 5.74) is 0.0370. The van der Waals surface area contributed by atoms with E-state index in [-0.39, 0.29) is 11.4 Å². The molecule has 0 saturated heterocycles. The molecule has 0 amide bonds. The number of anilines is 1. The first-order chi connectivity index (χ1) is 6.97. The number of methoxy groups -OCH3 is 1. The molecule has 0 aliphatic heterocycles. The fourth-order valence-corrected chi connectivity index (χ4v) is 1.76. The number of halogens is 1. The SMILES string of the molecule is COc1nc(N(C)C)c(Br)cc1C(=O)O. The predicted molar refractivity (Wildman–Crippen MR) is 59.8 cm³/mol. The maximum Gasteiger partial charge on any atom is 0.341 e. The van der Waals surface area contributed by atoms with Gasteiger partial charge in [-0.15, -0.1) is 0 Å². The summed E-state index contributed by atoms with van der Waals surface area (Å²) in [7, 11) is 5.02. The Balaban J connectivity index is 3.35.